The number of rotatable bonds is 2. The monoisotopic (exact) mass is 210 g/mol. The molecule has 0 aromatic carbocycles. The molecule has 0 saturated heterocycles. The van der Waals surface area contributed by atoms with Crippen molar-refractivity contribution in [1.82, 2.24) is 0 Å². The number of aliphatic hydroxyl groups is 1. The lowest BCUT2D eigenvalue weighted by molar-refractivity contribution is -0.152. The minimum Gasteiger partial charge on any atom is -0.466 e. The molecule has 0 amide bonds. The Bertz CT molecular complexity index is 272. The molecule has 0 spiro atoms. The summed E-state index contributed by atoms with van der Waals surface area (Å²) < 4.78 is 5.02. The van der Waals surface area contributed by atoms with Gasteiger partial charge in [-0.05, 0) is 38.0 Å². The lowest BCUT2D eigenvalue weighted by Gasteiger charge is -2.24. The molecular formula is C12H18O3. The van der Waals surface area contributed by atoms with Gasteiger partial charge in [-0.1, -0.05) is 12.2 Å². The van der Waals surface area contributed by atoms with Gasteiger partial charge in [0.1, 0.15) is 0 Å². The van der Waals surface area contributed by atoms with Gasteiger partial charge in [-0.25, -0.2) is 0 Å². The van der Waals surface area contributed by atoms with E-state index in [1.165, 1.54) is 0 Å². The Kier molecular flexibility index (Phi) is 3.10. The number of allylic oxidation sites excluding steroid dienone is 2. The molecule has 0 radical (unpaired) electrons. The quantitative estimate of drug-likeness (QED) is 0.555. The first kappa shape index (κ1) is 10.7. The second-order valence-electron chi connectivity index (χ2n) is 4.45. The number of carbonyl (C=O) groups is 1. The smallest absolute Gasteiger partial charge is 0.311 e. The number of esters is 1. The van der Waals surface area contributed by atoms with E-state index in [0.717, 1.165) is 19.3 Å². The van der Waals surface area contributed by atoms with Crippen molar-refractivity contribution < 1.29 is 14.6 Å². The molecule has 84 valence electrons. The largest absolute Gasteiger partial charge is 0.466 e. The molecular weight excluding hydrogens is 192 g/mol. The van der Waals surface area contributed by atoms with Crippen LogP contribution < -0.4 is 0 Å². The molecule has 2 unspecified atom stereocenters. The average Bonchev–Trinajstić information content (AvgIpc) is 2.54. The normalized spacial score (nSPS) is 38.8. The molecule has 1 N–H and O–H groups in total. The Morgan fingerprint density at radius 3 is 2.93 bits per heavy atom. The fraction of sp³-hybridized carbons (Fsp3) is 0.750. The van der Waals surface area contributed by atoms with Crippen molar-refractivity contribution in [2.45, 2.75) is 32.3 Å². The highest BCUT2D eigenvalue weighted by atomic mass is 16.5. The molecule has 1 fully saturated rings. The van der Waals surface area contributed by atoms with Crippen LogP contribution in [0.25, 0.3) is 0 Å². The summed E-state index contributed by atoms with van der Waals surface area (Å²) in [5, 5.41) is 9.89. The summed E-state index contributed by atoms with van der Waals surface area (Å²) in [6, 6.07) is 0. The summed E-state index contributed by atoms with van der Waals surface area (Å²) in [4.78, 5) is 11.7. The van der Waals surface area contributed by atoms with E-state index in [4.69, 9.17) is 4.74 Å². The zero-order valence-corrected chi connectivity index (χ0v) is 9.06. The van der Waals surface area contributed by atoms with E-state index < -0.39 is 6.10 Å². The molecule has 0 bridgehead atoms. The highest BCUT2D eigenvalue weighted by Crippen LogP contribution is 2.44. The molecule has 0 heterocycles. The molecule has 1 saturated carbocycles. The van der Waals surface area contributed by atoms with E-state index >= 15 is 0 Å². The minimum atomic E-state index is -0.501. The Labute approximate surface area is 90.1 Å². The lowest BCUT2D eigenvalue weighted by atomic mass is 9.81. The first-order valence-corrected chi connectivity index (χ1v) is 5.73. The van der Waals surface area contributed by atoms with Gasteiger partial charge in [0.25, 0.3) is 0 Å². The number of carbonyl (C=O) groups excluding carboxylic acids is 1. The molecule has 15 heavy (non-hydrogen) atoms. The molecule has 4 atom stereocenters. The van der Waals surface area contributed by atoms with E-state index in [0.29, 0.717) is 18.4 Å². The van der Waals surface area contributed by atoms with E-state index in [1.807, 2.05) is 0 Å². The Morgan fingerprint density at radius 1 is 1.47 bits per heavy atom. The standard InChI is InChI=1S/C12H18O3/c1-2-15-12(14)11-9-6-4-3-5-8(9)7-10(11)13/h3-4,8-11,13H,2,5-7H2,1H3/t8?,9?,10-,11-/m1/s1. The third kappa shape index (κ3) is 1.93. The summed E-state index contributed by atoms with van der Waals surface area (Å²) in [6.07, 6.45) is 6.42. The predicted molar refractivity (Wildman–Crippen MR) is 56.1 cm³/mol. The predicted octanol–water partition coefficient (Wildman–Crippen LogP) is 1.51. The van der Waals surface area contributed by atoms with Crippen LogP contribution in [-0.4, -0.2) is 23.8 Å². The van der Waals surface area contributed by atoms with Crippen molar-refractivity contribution in [3.05, 3.63) is 12.2 Å². The van der Waals surface area contributed by atoms with Crippen LogP contribution in [0.15, 0.2) is 12.2 Å². The van der Waals surface area contributed by atoms with Crippen molar-refractivity contribution in [3.8, 4) is 0 Å². The maximum absolute atomic E-state index is 11.7. The topological polar surface area (TPSA) is 46.5 Å². The van der Waals surface area contributed by atoms with Gasteiger partial charge in [-0.15, -0.1) is 0 Å². The lowest BCUT2D eigenvalue weighted by Crippen LogP contribution is -2.31. The van der Waals surface area contributed by atoms with Gasteiger partial charge in [0, 0.05) is 0 Å². The van der Waals surface area contributed by atoms with Gasteiger partial charge in [0.15, 0.2) is 0 Å². The van der Waals surface area contributed by atoms with Crippen LogP contribution >= 0.6 is 0 Å². The molecule has 3 heteroatoms. The number of fused-ring (bicyclic) bond motifs is 1. The number of aliphatic hydroxyl groups excluding tert-OH is 1. The maximum Gasteiger partial charge on any atom is 0.311 e. The first-order chi connectivity index (χ1) is 7.24. The Morgan fingerprint density at radius 2 is 2.20 bits per heavy atom. The maximum atomic E-state index is 11.7. The van der Waals surface area contributed by atoms with Crippen LogP contribution in [0.2, 0.25) is 0 Å². The fourth-order valence-corrected chi connectivity index (χ4v) is 2.91. The number of ether oxygens (including phenoxy) is 1. The summed E-state index contributed by atoms with van der Waals surface area (Å²) in [5.41, 5.74) is 0. The third-order valence-electron chi connectivity index (χ3n) is 3.60. The molecule has 2 aliphatic rings. The van der Waals surface area contributed by atoms with Crippen LogP contribution in [0.1, 0.15) is 26.2 Å². The molecule has 0 aromatic heterocycles. The first-order valence-electron chi connectivity index (χ1n) is 5.73. The van der Waals surface area contributed by atoms with Crippen LogP contribution in [-0.2, 0) is 9.53 Å². The van der Waals surface area contributed by atoms with Crippen molar-refractivity contribution in [3.63, 3.8) is 0 Å². The minimum absolute atomic E-state index is 0.215. The third-order valence-corrected chi connectivity index (χ3v) is 3.60. The Balaban J connectivity index is 2.09. The van der Waals surface area contributed by atoms with Crippen LogP contribution in [0, 0.1) is 17.8 Å². The van der Waals surface area contributed by atoms with Crippen molar-refractivity contribution in [2.75, 3.05) is 6.61 Å². The molecule has 3 nitrogen and oxygen atoms in total. The van der Waals surface area contributed by atoms with Crippen LogP contribution in [0.4, 0.5) is 0 Å². The zero-order chi connectivity index (χ0) is 10.8. The highest BCUT2D eigenvalue weighted by molar-refractivity contribution is 5.74. The molecule has 2 aliphatic carbocycles. The Hall–Kier alpha value is -0.830. The van der Waals surface area contributed by atoms with E-state index in [-0.39, 0.29) is 11.9 Å². The molecule has 0 aromatic rings. The summed E-state index contributed by atoms with van der Waals surface area (Å²) in [5.74, 6) is 0.260. The van der Waals surface area contributed by atoms with Crippen molar-refractivity contribution in [2.24, 2.45) is 17.8 Å². The molecule has 2 rings (SSSR count). The van der Waals surface area contributed by atoms with E-state index in [2.05, 4.69) is 12.2 Å². The second-order valence-corrected chi connectivity index (χ2v) is 4.45. The SMILES string of the molecule is CCOC(=O)[C@@H]1C2CC=CCC2C[C@H]1O. The molecule has 0 aliphatic heterocycles. The highest BCUT2D eigenvalue weighted by Gasteiger charge is 2.46. The zero-order valence-electron chi connectivity index (χ0n) is 9.06. The van der Waals surface area contributed by atoms with Gasteiger partial charge in [0.2, 0.25) is 0 Å². The van der Waals surface area contributed by atoms with Crippen molar-refractivity contribution >= 4 is 5.97 Å². The summed E-state index contributed by atoms with van der Waals surface area (Å²) >= 11 is 0. The fourth-order valence-electron chi connectivity index (χ4n) is 2.91. The van der Waals surface area contributed by atoms with Crippen molar-refractivity contribution in [1.29, 1.82) is 0 Å². The van der Waals surface area contributed by atoms with Crippen LogP contribution in [0.3, 0.4) is 0 Å². The van der Waals surface area contributed by atoms with Gasteiger partial charge in [0.05, 0.1) is 18.6 Å². The van der Waals surface area contributed by atoms with Gasteiger partial charge >= 0.3 is 5.97 Å². The average molecular weight is 210 g/mol. The van der Waals surface area contributed by atoms with E-state index in [9.17, 15) is 9.90 Å². The summed E-state index contributed by atoms with van der Waals surface area (Å²) in [7, 11) is 0. The number of hydrogen-bond acceptors (Lipinski definition) is 3. The van der Waals surface area contributed by atoms with E-state index in [1.54, 1.807) is 6.92 Å². The van der Waals surface area contributed by atoms with Gasteiger partial charge in [-0.3, -0.25) is 4.79 Å². The van der Waals surface area contributed by atoms with Gasteiger partial charge < -0.3 is 9.84 Å². The van der Waals surface area contributed by atoms with Gasteiger partial charge in [-0.2, -0.15) is 0 Å². The second kappa shape index (κ2) is 4.35. The van der Waals surface area contributed by atoms with Crippen LogP contribution in [0.5, 0.6) is 0 Å². The number of hydrogen-bond donors (Lipinski definition) is 1. The summed E-state index contributed by atoms with van der Waals surface area (Å²) in [6.45, 7) is 2.20.